The molecule has 5 aliphatic rings. The van der Waals surface area contributed by atoms with Crippen molar-refractivity contribution in [2.75, 3.05) is 56.8 Å². The molecule has 5 aliphatic heterocycles. The van der Waals surface area contributed by atoms with Gasteiger partial charge in [-0.3, -0.25) is 62.8 Å². The van der Waals surface area contributed by atoms with Gasteiger partial charge in [0.15, 0.2) is 30.5 Å². The molecule has 0 bridgehead atoms. The number of para-hydroxylation sites is 1. The van der Waals surface area contributed by atoms with Gasteiger partial charge in [-0.05, 0) is 159 Å². The van der Waals surface area contributed by atoms with E-state index in [0.29, 0.717) is 76.5 Å². The van der Waals surface area contributed by atoms with Gasteiger partial charge >= 0.3 is 17.9 Å². The predicted octanol–water partition coefficient (Wildman–Crippen LogP) is 13.4. The molecule has 0 atom stereocenters. The summed E-state index contributed by atoms with van der Waals surface area (Å²) in [5.41, 5.74) is 7.11. The molecule has 0 radical (unpaired) electrons. The Balaban J connectivity index is 0.000000166. The lowest BCUT2D eigenvalue weighted by Crippen LogP contribution is -2.36. The SMILES string of the molecule is CCN1C(=O)/C(=C/c2cccc(OCC(=O)O)c2)SC1=S.Cc1ccc(/C=C2\SC(=S)N(CC(=O)Nc3ccccc3C(=O)O)C2=O)cc1.Cc1ccc(C(=O)CN2C(=O)S/C(=C\c3cc(Br)ccc3OCC(=O)O)C2=O)cc1.Cc1ccc(NC(=O)CN2C(=O)S/C(=C\c3ccc4c(c3)OCO4)C2=O)cc1. The molecule has 7 aromatic carbocycles. The molecule has 0 unspecified atom stereocenters. The monoisotopic (exact) mass is 1620 g/mol. The van der Waals surface area contributed by atoms with Crippen LogP contribution in [0.15, 0.2) is 182 Å². The lowest BCUT2D eigenvalue weighted by Gasteiger charge is -2.15. The van der Waals surface area contributed by atoms with Gasteiger partial charge < -0.3 is 44.9 Å². The van der Waals surface area contributed by atoms with Crippen LogP contribution in [0.1, 0.15) is 66.6 Å². The number of amides is 8. The number of carboxylic acid groups (broad SMARTS) is 3. The fourth-order valence-corrected chi connectivity index (χ4v) is 14.4. The van der Waals surface area contributed by atoms with Gasteiger partial charge in [0.1, 0.15) is 33.2 Å². The van der Waals surface area contributed by atoms with Crippen LogP contribution in [0.3, 0.4) is 0 Å². The zero-order valence-electron chi connectivity index (χ0n) is 56.8. The number of carbonyl (C=O) groups excluding carboxylic acids is 9. The van der Waals surface area contributed by atoms with E-state index >= 15 is 0 Å². The highest BCUT2D eigenvalue weighted by atomic mass is 79.9. The first kappa shape index (κ1) is 80.1. The summed E-state index contributed by atoms with van der Waals surface area (Å²) in [6.45, 7) is 6.46. The third-order valence-electron chi connectivity index (χ3n) is 15.1. The third-order valence-corrected chi connectivity index (χ3v) is 20.1. The van der Waals surface area contributed by atoms with Crippen LogP contribution in [-0.2, 0) is 38.4 Å². The summed E-state index contributed by atoms with van der Waals surface area (Å²) in [5, 5.41) is 30.8. The maximum Gasteiger partial charge on any atom is 0.341 e. The van der Waals surface area contributed by atoms with Gasteiger partial charge in [0.05, 0.1) is 37.4 Å². The number of hydrogen-bond acceptors (Lipinski definition) is 22. The number of carboxylic acids is 3. The zero-order chi connectivity index (χ0) is 77.2. The molecule has 0 aromatic heterocycles. The molecule has 4 fully saturated rings. The molecule has 12 rings (SSSR count). The number of thioether (sulfide) groups is 4. The van der Waals surface area contributed by atoms with Crippen molar-refractivity contribution in [1.82, 2.24) is 19.6 Å². The average Bonchev–Trinajstić information content (AvgIpc) is 1.68. The van der Waals surface area contributed by atoms with E-state index < -0.39 is 65.2 Å². The summed E-state index contributed by atoms with van der Waals surface area (Å²) in [6, 6.07) is 44.9. The van der Waals surface area contributed by atoms with Crippen molar-refractivity contribution >= 4 is 201 Å². The fourth-order valence-electron chi connectivity index (χ4n) is 9.75. The first-order valence-corrected chi connectivity index (χ1v) is 36.6. The van der Waals surface area contributed by atoms with Crippen molar-refractivity contribution < 1.29 is 91.8 Å². The number of rotatable bonds is 21. The molecule has 107 heavy (non-hydrogen) atoms. The number of anilines is 2. The number of aliphatic carboxylic acids is 2. The normalized spacial score (nSPS) is 15.8. The predicted molar refractivity (Wildman–Crippen MR) is 419 cm³/mol. The van der Waals surface area contributed by atoms with E-state index in [1.807, 2.05) is 70.2 Å². The number of ketones is 1. The molecule has 4 saturated heterocycles. The Morgan fingerprint density at radius 1 is 0.514 bits per heavy atom. The topological polar surface area (TPSA) is 339 Å². The smallest absolute Gasteiger partial charge is 0.341 e. The van der Waals surface area contributed by atoms with Crippen LogP contribution in [0, 0.1) is 20.8 Å². The molecule has 0 spiro atoms. The molecule has 32 heteroatoms. The van der Waals surface area contributed by atoms with Gasteiger partial charge in [-0.2, -0.15) is 0 Å². The Bertz CT molecular complexity index is 4890. The lowest BCUT2D eigenvalue weighted by atomic mass is 10.1. The average molecular weight is 1620 g/mol. The molecule has 548 valence electrons. The number of imide groups is 2. The maximum absolute atomic E-state index is 12.7. The van der Waals surface area contributed by atoms with Crippen molar-refractivity contribution in [3.63, 3.8) is 0 Å². The minimum Gasteiger partial charge on any atom is -0.482 e. The van der Waals surface area contributed by atoms with E-state index in [9.17, 15) is 62.6 Å². The first-order chi connectivity index (χ1) is 51.1. The van der Waals surface area contributed by atoms with E-state index in [0.717, 1.165) is 61.1 Å². The van der Waals surface area contributed by atoms with Crippen LogP contribution in [0.2, 0.25) is 0 Å². The molecule has 8 amide bonds. The summed E-state index contributed by atoms with van der Waals surface area (Å²) in [4.78, 5) is 150. The number of aryl methyl sites for hydroxylation is 3. The van der Waals surface area contributed by atoms with Gasteiger partial charge in [-0.1, -0.05) is 172 Å². The van der Waals surface area contributed by atoms with Crippen molar-refractivity contribution in [2.45, 2.75) is 27.7 Å². The van der Waals surface area contributed by atoms with Crippen LogP contribution < -0.4 is 29.6 Å². The van der Waals surface area contributed by atoms with E-state index in [4.69, 9.17) is 53.6 Å². The number of fused-ring (bicyclic) bond motifs is 1. The second kappa shape index (κ2) is 37.3. The van der Waals surface area contributed by atoms with Gasteiger partial charge in [-0.15, -0.1) is 0 Å². The number of aromatic carboxylic acids is 1. The van der Waals surface area contributed by atoms with E-state index in [2.05, 4.69) is 26.6 Å². The summed E-state index contributed by atoms with van der Waals surface area (Å²) in [6.07, 6.45) is 6.51. The maximum atomic E-state index is 12.7. The van der Waals surface area contributed by atoms with Crippen LogP contribution in [-0.4, -0.2) is 159 Å². The number of likely N-dealkylation sites (N-methyl/N-ethyl adjacent to an activating group) is 1. The number of halogens is 1. The largest absolute Gasteiger partial charge is 0.482 e. The minimum atomic E-state index is -1.15. The van der Waals surface area contributed by atoms with E-state index in [1.54, 1.807) is 121 Å². The van der Waals surface area contributed by atoms with E-state index in [-0.39, 0.29) is 75.2 Å². The second-order valence-corrected chi connectivity index (χ2v) is 29.2. The Kier molecular flexibility index (Phi) is 27.9. The van der Waals surface area contributed by atoms with Crippen LogP contribution >= 0.6 is 87.4 Å². The Labute approximate surface area is 647 Å². The van der Waals surface area contributed by atoms with Gasteiger partial charge in [-0.25, -0.2) is 14.4 Å². The van der Waals surface area contributed by atoms with Crippen LogP contribution in [0.5, 0.6) is 23.0 Å². The number of carbonyl (C=O) groups is 12. The Hall–Kier alpha value is -11.0. The highest BCUT2D eigenvalue weighted by molar-refractivity contribution is 9.10. The molecule has 0 saturated carbocycles. The number of hydrogen-bond donors (Lipinski definition) is 5. The number of ether oxygens (including phenoxy) is 4. The molecular formula is C75H61BrN6O19S6. The van der Waals surface area contributed by atoms with Crippen LogP contribution in [0.4, 0.5) is 21.0 Å². The summed E-state index contributed by atoms with van der Waals surface area (Å²) < 4.78 is 22.4. The Morgan fingerprint density at radius 3 is 1.64 bits per heavy atom. The van der Waals surface area contributed by atoms with Gasteiger partial charge in [0.2, 0.25) is 18.6 Å². The molecule has 25 nitrogen and oxygen atoms in total. The first-order valence-electron chi connectivity index (χ1n) is 31.7. The van der Waals surface area contributed by atoms with Crippen molar-refractivity contribution in [3.8, 4) is 23.0 Å². The molecule has 0 aliphatic carbocycles. The van der Waals surface area contributed by atoms with Crippen molar-refractivity contribution in [2.24, 2.45) is 0 Å². The zero-order valence-corrected chi connectivity index (χ0v) is 63.2. The van der Waals surface area contributed by atoms with E-state index in [1.165, 1.54) is 39.8 Å². The van der Waals surface area contributed by atoms with Crippen LogP contribution in [0.25, 0.3) is 24.3 Å². The van der Waals surface area contributed by atoms with Crippen molar-refractivity contribution in [1.29, 1.82) is 0 Å². The second-order valence-electron chi connectivity index (χ2n) is 23.0. The third kappa shape index (κ3) is 22.3. The number of nitrogens with one attached hydrogen (secondary N) is 2. The molecule has 7 aromatic rings. The lowest BCUT2D eigenvalue weighted by molar-refractivity contribution is -0.140. The minimum absolute atomic E-state index is 0.0273. The van der Waals surface area contributed by atoms with Crippen molar-refractivity contribution in [3.05, 3.63) is 232 Å². The summed E-state index contributed by atoms with van der Waals surface area (Å²) in [5.74, 6) is -4.25. The molecule has 5 heterocycles. The number of benzene rings is 7. The molecule has 5 N–H and O–H groups in total. The number of nitrogens with zero attached hydrogens (tertiary/aromatic N) is 4. The molecular weight excluding hydrogens is 1560 g/mol. The Morgan fingerprint density at radius 2 is 1.02 bits per heavy atom. The quantitative estimate of drug-likeness (QED) is 0.0253. The highest BCUT2D eigenvalue weighted by Crippen LogP contribution is 2.39. The summed E-state index contributed by atoms with van der Waals surface area (Å²) >= 11 is 17.6. The fraction of sp³-hybridized carbons (Fsp3) is 0.147. The van der Waals surface area contributed by atoms with Gasteiger partial charge in [0, 0.05) is 27.8 Å². The summed E-state index contributed by atoms with van der Waals surface area (Å²) in [7, 11) is 0. The number of thiocarbonyl (C=S) groups is 2. The van der Waals surface area contributed by atoms with Gasteiger partial charge in [0.25, 0.3) is 34.1 Å². The standard InChI is InChI=1S/C21H16BrNO6S.C20H16N2O5S.C20H16N2O4S2.C14H13NO4S2/c1-12-2-4-13(5-3-12)16(24)10-23-20(27)18(30-21(23)28)9-14-8-15(22)6-7-17(14)29-11-19(25)26;1-12-2-5-14(6-3-12)21-18(23)10-22-19(24)17(28-20(22)25)9-13-4-7-15-16(8-13)27-11-26-15;1-12-6-8-13(9-7-12)10-16-18(24)22(20(27)28-16)11-17(23)21-15-5-3-2-4-14(15)19(25)26;1-2-15-13(18)11(21-14(15)20)7-9-4-3-5-10(6-9)19-8-12(16)17/h2-9H,10-11H2,1H3,(H,25,26);2-9H,10-11H2,1H3,(H,21,23);2-10H,11H2,1H3,(H,21,23)(H,25,26);3-7H,2,8H2,1H3,(H,16,17)/b18-9-;17-9-;16-10-;11-7-. The number of Topliss-reactive ketones (excluding diaryl/α,β-unsaturated/α-hetero) is 1. The highest BCUT2D eigenvalue weighted by Gasteiger charge is 2.39.